The maximum atomic E-state index is 11.5. The molecule has 0 spiro atoms. The maximum absolute atomic E-state index is 11.5. The summed E-state index contributed by atoms with van der Waals surface area (Å²) < 4.78 is 4.68. The standard InChI is InChI=1S/C13H13NO2/c1-9-3-5-10(6-4-9)11-7-13(11,8-14)12(15)16-2/h3-6,11H,7H2,1-2H3. The Balaban J connectivity index is 2.25. The predicted octanol–water partition coefficient (Wildman–Crippen LogP) is 2.17. The van der Waals surface area contributed by atoms with Crippen LogP contribution in [0.5, 0.6) is 0 Å². The number of hydrogen-bond donors (Lipinski definition) is 0. The first-order valence-corrected chi connectivity index (χ1v) is 5.20. The SMILES string of the molecule is COC(=O)C1(C#N)CC1c1ccc(C)cc1. The molecule has 0 aliphatic heterocycles. The lowest BCUT2D eigenvalue weighted by Gasteiger charge is -2.06. The molecule has 1 aliphatic rings. The predicted molar refractivity (Wildman–Crippen MR) is 58.6 cm³/mol. The molecule has 1 fully saturated rings. The van der Waals surface area contributed by atoms with Gasteiger partial charge in [-0.2, -0.15) is 5.26 Å². The van der Waals surface area contributed by atoms with E-state index < -0.39 is 11.4 Å². The number of esters is 1. The van der Waals surface area contributed by atoms with Crippen LogP contribution in [0.15, 0.2) is 24.3 Å². The monoisotopic (exact) mass is 215 g/mol. The molecule has 2 rings (SSSR count). The van der Waals surface area contributed by atoms with Crippen molar-refractivity contribution in [3.63, 3.8) is 0 Å². The third-order valence-corrected chi connectivity index (χ3v) is 3.19. The number of rotatable bonds is 2. The summed E-state index contributed by atoms with van der Waals surface area (Å²) in [5.74, 6) is -0.425. The van der Waals surface area contributed by atoms with Crippen LogP contribution in [0.1, 0.15) is 23.5 Å². The number of nitriles is 1. The molecule has 1 aliphatic carbocycles. The van der Waals surface area contributed by atoms with Gasteiger partial charge in [0.05, 0.1) is 13.2 Å². The van der Waals surface area contributed by atoms with Gasteiger partial charge < -0.3 is 4.74 Å². The summed E-state index contributed by atoms with van der Waals surface area (Å²) in [4.78, 5) is 11.5. The van der Waals surface area contributed by atoms with Gasteiger partial charge >= 0.3 is 5.97 Å². The smallest absolute Gasteiger partial charge is 0.326 e. The zero-order valence-electron chi connectivity index (χ0n) is 9.36. The lowest BCUT2D eigenvalue weighted by atomic mass is 10.00. The minimum Gasteiger partial charge on any atom is -0.468 e. The molecule has 0 saturated heterocycles. The first kappa shape index (κ1) is 10.7. The minimum atomic E-state index is -0.940. The Bertz CT molecular complexity index is 458. The maximum Gasteiger partial charge on any atom is 0.326 e. The van der Waals surface area contributed by atoms with E-state index in [1.807, 2.05) is 31.2 Å². The number of carbonyl (C=O) groups excluding carboxylic acids is 1. The van der Waals surface area contributed by atoms with E-state index in [0.717, 1.165) is 5.56 Å². The Morgan fingerprint density at radius 3 is 2.62 bits per heavy atom. The van der Waals surface area contributed by atoms with Crippen molar-refractivity contribution in [1.82, 2.24) is 0 Å². The summed E-state index contributed by atoms with van der Waals surface area (Å²) >= 11 is 0. The van der Waals surface area contributed by atoms with Crippen molar-refractivity contribution in [1.29, 1.82) is 5.26 Å². The van der Waals surface area contributed by atoms with Crippen LogP contribution >= 0.6 is 0 Å². The van der Waals surface area contributed by atoms with Crippen LogP contribution in [-0.4, -0.2) is 13.1 Å². The molecule has 0 aromatic heterocycles. The second-order valence-electron chi connectivity index (χ2n) is 4.24. The van der Waals surface area contributed by atoms with E-state index in [-0.39, 0.29) is 5.92 Å². The molecular formula is C13H13NO2. The summed E-state index contributed by atoms with van der Waals surface area (Å²) in [6, 6.07) is 10.0. The zero-order valence-corrected chi connectivity index (χ0v) is 9.36. The number of nitrogens with zero attached hydrogens (tertiary/aromatic N) is 1. The summed E-state index contributed by atoms with van der Waals surface area (Å²) in [6.45, 7) is 2.01. The first-order valence-electron chi connectivity index (χ1n) is 5.20. The number of hydrogen-bond acceptors (Lipinski definition) is 3. The van der Waals surface area contributed by atoms with E-state index in [9.17, 15) is 4.79 Å². The highest BCUT2D eigenvalue weighted by Gasteiger charge is 2.62. The molecule has 0 heterocycles. The minimum absolute atomic E-state index is 0.00875. The Labute approximate surface area is 94.6 Å². The molecule has 2 atom stereocenters. The van der Waals surface area contributed by atoms with E-state index in [2.05, 4.69) is 10.8 Å². The van der Waals surface area contributed by atoms with Gasteiger partial charge in [0, 0.05) is 5.92 Å². The average Bonchev–Trinajstić information content (AvgIpc) is 3.05. The van der Waals surface area contributed by atoms with Crippen molar-refractivity contribution in [2.75, 3.05) is 7.11 Å². The van der Waals surface area contributed by atoms with Crippen LogP contribution in [0, 0.1) is 23.7 Å². The highest BCUT2D eigenvalue weighted by molar-refractivity contribution is 5.85. The van der Waals surface area contributed by atoms with Crippen molar-refractivity contribution >= 4 is 5.97 Å². The molecular weight excluding hydrogens is 202 g/mol. The number of ether oxygens (including phenoxy) is 1. The summed E-state index contributed by atoms with van der Waals surface area (Å²) in [5.41, 5.74) is 1.27. The van der Waals surface area contributed by atoms with Gasteiger partial charge in [0.15, 0.2) is 5.41 Å². The van der Waals surface area contributed by atoms with Gasteiger partial charge in [-0.1, -0.05) is 29.8 Å². The van der Waals surface area contributed by atoms with Crippen molar-refractivity contribution in [2.24, 2.45) is 5.41 Å². The molecule has 0 radical (unpaired) electrons. The zero-order chi connectivity index (χ0) is 11.8. The Morgan fingerprint density at radius 1 is 1.50 bits per heavy atom. The van der Waals surface area contributed by atoms with Crippen LogP contribution in [0.4, 0.5) is 0 Å². The second kappa shape index (κ2) is 3.64. The van der Waals surface area contributed by atoms with E-state index in [0.29, 0.717) is 6.42 Å². The molecule has 0 N–H and O–H groups in total. The van der Waals surface area contributed by atoms with Crippen LogP contribution in [0.25, 0.3) is 0 Å². The Morgan fingerprint density at radius 2 is 2.12 bits per heavy atom. The molecule has 1 saturated carbocycles. The Hall–Kier alpha value is -1.82. The van der Waals surface area contributed by atoms with Gasteiger partial charge in [-0.05, 0) is 18.9 Å². The molecule has 1 aromatic carbocycles. The fourth-order valence-electron chi connectivity index (χ4n) is 2.04. The molecule has 1 aromatic rings. The normalized spacial score (nSPS) is 26.9. The largest absolute Gasteiger partial charge is 0.468 e. The third kappa shape index (κ3) is 1.47. The third-order valence-electron chi connectivity index (χ3n) is 3.19. The molecule has 82 valence electrons. The molecule has 3 heteroatoms. The number of carbonyl (C=O) groups is 1. The topological polar surface area (TPSA) is 50.1 Å². The lowest BCUT2D eigenvalue weighted by molar-refractivity contribution is -0.144. The van der Waals surface area contributed by atoms with Gasteiger partial charge in [-0.3, -0.25) is 4.79 Å². The lowest BCUT2D eigenvalue weighted by Crippen LogP contribution is -2.17. The fraction of sp³-hybridized carbons (Fsp3) is 0.385. The highest BCUT2D eigenvalue weighted by Crippen LogP contribution is 2.59. The molecule has 0 bridgehead atoms. The van der Waals surface area contributed by atoms with Crippen LogP contribution in [0.3, 0.4) is 0 Å². The Kier molecular flexibility index (Phi) is 2.43. The summed E-state index contributed by atoms with van der Waals surface area (Å²) in [7, 11) is 1.33. The van der Waals surface area contributed by atoms with E-state index in [4.69, 9.17) is 5.26 Å². The van der Waals surface area contributed by atoms with E-state index >= 15 is 0 Å². The van der Waals surface area contributed by atoms with Gasteiger partial charge in [0.1, 0.15) is 0 Å². The van der Waals surface area contributed by atoms with Crippen molar-refractivity contribution in [2.45, 2.75) is 19.3 Å². The van der Waals surface area contributed by atoms with E-state index in [1.54, 1.807) is 0 Å². The van der Waals surface area contributed by atoms with Crippen molar-refractivity contribution in [3.05, 3.63) is 35.4 Å². The van der Waals surface area contributed by atoms with Crippen LogP contribution in [0.2, 0.25) is 0 Å². The second-order valence-corrected chi connectivity index (χ2v) is 4.24. The highest BCUT2D eigenvalue weighted by atomic mass is 16.5. The van der Waals surface area contributed by atoms with Crippen LogP contribution < -0.4 is 0 Å². The molecule has 16 heavy (non-hydrogen) atoms. The van der Waals surface area contributed by atoms with Crippen molar-refractivity contribution in [3.8, 4) is 6.07 Å². The van der Waals surface area contributed by atoms with Gasteiger partial charge in [0.2, 0.25) is 0 Å². The molecule has 0 amide bonds. The van der Waals surface area contributed by atoms with Gasteiger partial charge in [-0.15, -0.1) is 0 Å². The quantitative estimate of drug-likeness (QED) is 0.710. The number of methoxy groups -OCH3 is 1. The molecule has 2 unspecified atom stereocenters. The van der Waals surface area contributed by atoms with Gasteiger partial charge in [0.25, 0.3) is 0 Å². The van der Waals surface area contributed by atoms with Gasteiger partial charge in [-0.25, -0.2) is 0 Å². The van der Waals surface area contributed by atoms with E-state index in [1.165, 1.54) is 12.7 Å². The summed E-state index contributed by atoms with van der Waals surface area (Å²) in [5, 5.41) is 9.09. The number of aryl methyl sites for hydroxylation is 1. The number of benzene rings is 1. The van der Waals surface area contributed by atoms with Crippen molar-refractivity contribution < 1.29 is 9.53 Å². The average molecular weight is 215 g/mol. The molecule has 3 nitrogen and oxygen atoms in total. The first-order chi connectivity index (χ1) is 7.64. The summed E-state index contributed by atoms with van der Waals surface area (Å²) in [6.07, 6.45) is 0.569. The fourth-order valence-corrected chi connectivity index (χ4v) is 2.04. The van der Waals surface area contributed by atoms with Crippen LogP contribution in [-0.2, 0) is 9.53 Å².